The number of aromatic nitrogens is 2. The molecule has 0 saturated carbocycles. The molecule has 8 heteroatoms. The summed E-state index contributed by atoms with van der Waals surface area (Å²) in [6.45, 7) is 3.50. The molecule has 31 heavy (non-hydrogen) atoms. The number of anilines is 3. The Balaban J connectivity index is 1.36. The Labute approximate surface area is 180 Å². The van der Waals surface area contributed by atoms with E-state index in [1.54, 1.807) is 20.5 Å². The van der Waals surface area contributed by atoms with E-state index in [2.05, 4.69) is 37.2 Å². The zero-order chi connectivity index (χ0) is 21.4. The van der Waals surface area contributed by atoms with Gasteiger partial charge in [-0.15, -0.1) is 0 Å². The molecule has 1 N–H and O–H groups in total. The van der Waals surface area contributed by atoms with E-state index in [-0.39, 0.29) is 5.91 Å². The van der Waals surface area contributed by atoms with Crippen molar-refractivity contribution in [3.05, 3.63) is 42.2 Å². The molecule has 2 aliphatic rings. The molecule has 0 atom stereocenters. The van der Waals surface area contributed by atoms with Crippen molar-refractivity contribution >= 4 is 34.0 Å². The smallest absolute Gasteiger partial charge is 0.224 e. The molecular formula is C23H25N5O3. The average Bonchev–Trinajstić information content (AvgIpc) is 2.82. The van der Waals surface area contributed by atoms with Crippen LogP contribution in [0.2, 0.25) is 0 Å². The van der Waals surface area contributed by atoms with Crippen LogP contribution in [0.1, 0.15) is 12.0 Å². The predicted octanol–water partition coefficient (Wildman–Crippen LogP) is 2.86. The molecule has 3 heterocycles. The summed E-state index contributed by atoms with van der Waals surface area (Å²) in [6, 6.07) is 10.2. The van der Waals surface area contributed by atoms with Crippen molar-refractivity contribution in [1.29, 1.82) is 0 Å². The summed E-state index contributed by atoms with van der Waals surface area (Å²) in [6.07, 6.45) is 2.96. The minimum Gasteiger partial charge on any atom is -0.493 e. The van der Waals surface area contributed by atoms with Crippen LogP contribution in [-0.4, -0.2) is 56.3 Å². The molecule has 5 rings (SSSR count). The van der Waals surface area contributed by atoms with E-state index in [0.29, 0.717) is 17.9 Å². The number of piperazine rings is 1. The van der Waals surface area contributed by atoms with Crippen LogP contribution in [-0.2, 0) is 11.2 Å². The van der Waals surface area contributed by atoms with Gasteiger partial charge in [-0.2, -0.15) is 0 Å². The fourth-order valence-corrected chi connectivity index (χ4v) is 4.36. The highest BCUT2D eigenvalue weighted by atomic mass is 16.5. The van der Waals surface area contributed by atoms with Crippen molar-refractivity contribution in [3.63, 3.8) is 0 Å². The van der Waals surface area contributed by atoms with Crippen LogP contribution in [0, 0.1) is 0 Å². The van der Waals surface area contributed by atoms with Gasteiger partial charge in [-0.25, -0.2) is 9.97 Å². The number of hydrogen-bond acceptors (Lipinski definition) is 7. The molecule has 0 aliphatic carbocycles. The molecule has 0 radical (unpaired) electrons. The molecule has 8 nitrogen and oxygen atoms in total. The minimum atomic E-state index is 0.0974. The van der Waals surface area contributed by atoms with Gasteiger partial charge in [0, 0.05) is 55.4 Å². The van der Waals surface area contributed by atoms with E-state index in [9.17, 15) is 4.79 Å². The molecule has 0 unspecified atom stereocenters. The summed E-state index contributed by atoms with van der Waals surface area (Å²) in [5.41, 5.74) is 4.19. The third-order valence-electron chi connectivity index (χ3n) is 6.05. The second-order valence-electron chi connectivity index (χ2n) is 7.79. The summed E-state index contributed by atoms with van der Waals surface area (Å²) in [7, 11) is 3.26. The van der Waals surface area contributed by atoms with Crippen LogP contribution in [0.15, 0.2) is 36.7 Å². The molecule has 1 amide bonds. The molecule has 0 spiro atoms. The maximum Gasteiger partial charge on any atom is 0.224 e. The molecule has 1 saturated heterocycles. The molecule has 3 aromatic rings. The molecule has 1 aromatic heterocycles. The van der Waals surface area contributed by atoms with Gasteiger partial charge in [0.25, 0.3) is 0 Å². The lowest BCUT2D eigenvalue weighted by molar-refractivity contribution is -0.116. The lowest BCUT2D eigenvalue weighted by Crippen LogP contribution is -2.47. The average molecular weight is 419 g/mol. The molecule has 2 aliphatic heterocycles. The highest BCUT2D eigenvalue weighted by Crippen LogP contribution is 2.35. The fourth-order valence-electron chi connectivity index (χ4n) is 4.36. The van der Waals surface area contributed by atoms with Crippen LogP contribution < -0.4 is 24.6 Å². The largest absolute Gasteiger partial charge is 0.493 e. The number of methoxy groups -OCH3 is 2. The zero-order valence-electron chi connectivity index (χ0n) is 17.7. The van der Waals surface area contributed by atoms with Gasteiger partial charge in [0.15, 0.2) is 11.5 Å². The van der Waals surface area contributed by atoms with Crippen molar-refractivity contribution in [2.24, 2.45) is 0 Å². The summed E-state index contributed by atoms with van der Waals surface area (Å²) in [5.74, 6) is 2.35. The number of aryl methyl sites for hydroxylation is 1. The lowest BCUT2D eigenvalue weighted by Gasteiger charge is -2.37. The summed E-state index contributed by atoms with van der Waals surface area (Å²) < 4.78 is 10.9. The number of fused-ring (bicyclic) bond motifs is 2. The summed E-state index contributed by atoms with van der Waals surface area (Å²) in [5, 5.41) is 3.91. The molecule has 160 valence electrons. The Morgan fingerprint density at radius 2 is 1.65 bits per heavy atom. The fraction of sp³-hybridized carbons (Fsp3) is 0.348. The van der Waals surface area contributed by atoms with Crippen LogP contribution in [0.3, 0.4) is 0 Å². The summed E-state index contributed by atoms with van der Waals surface area (Å²) >= 11 is 0. The monoisotopic (exact) mass is 419 g/mol. The van der Waals surface area contributed by atoms with Gasteiger partial charge in [0.1, 0.15) is 12.1 Å². The first kappa shape index (κ1) is 19.4. The molecule has 0 bridgehead atoms. The number of hydrogen-bond donors (Lipinski definition) is 1. The van der Waals surface area contributed by atoms with E-state index in [4.69, 9.17) is 9.47 Å². The normalized spacial score (nSPS) is 16.1. The Morgan fingerprint density at radius 3 is 2.42 bits per heavy atom. The maximum absolute atomic E-state index is 11.6. The highest BCUT2D eigenvalue weighted by molar-refractivity contribution is 5.94. The van der Waals surface area contributed by atoms with Gasteiger partial charge in [0.2, 0.25) is 5.91 Å². The van der Waals surface area contributed by atoms with E-state index < -0.39 is 0 Å². The van der Waals surface area contributed by atoms with Crippen LogP contribution in [0.5, 0.6) is 11.5 Å². The summed E-state index contributed by atoms with van der Waals surface area (Å²) in [4.78, 5) is 25.3. The number of benzene rings is 2. The van der Waals surface area contributed by atoms with Gasteiger partial charge >= 0.3 is 0 Å². The number of carbonyl (C=O) groups is 1. The molecule has 1 fully saturated rings. The van der Waals surface area contributed by atoms with Gasteiger partial charge in [-0.3, -0.25) is 4.79 Å². The van der Waals surface area contributed by atoms with Crippen molar-refractivity contribution in [2.45, 2.75) is 12.8 Å². The second kappa shape index (κ2) is 7.94. The first-order valence-electron chi connectivity index (χ1n) is 10.5. The van der Waals surface area contributed by atoms with Crippen molar-refractivity contribution < 1.29 is 14.3 Å². The Bertz CT molecular complexity index is 1140. The third kappa shape index (κ3) is 3.58. The number of carbonyl (C=O) groups excluding carboxylic acids is 1. The number of rotatable bonds is 4. The number of amides is 1. The van der Waals surface area contributed by atoms with Crippen molar-refractivity contribution in [1.82, 2.24) is 9.97 Å². The third-order valence-corrected chi connectivity index (χ3v) is 6.05. The Kier molecular flexibility index (Phi) is 4.97. The van der Waals surface area contributed by atoms with Gasteiger partial charge in [-0.05, 0) is 36.2 Å². The predicted molar refractivity (Wildman–Crippen MR) is 120 cm³/mol. The minimum absolute atomic E-state index is 0.0974. The van der Waals surface area contributed by atoms with Gasteiger partial charge < -0.3 is 24.6 Å². The van der Waals surface area contributed by atoms with E-state index >= 15 is 0 Å². The van der Waals surface area contributed by atoms with Gasteiger partial charge in [-0.1, -0.05) is 0 Å². The number of nitrogens with one attached hydrogen (secondary N) is 1. The Hall–Kier alpha value is -3.55. The van der Waals surface area contributed by atoms with E-state index in [0.717, 1.165) is 55.0 Å². The second-order valence-corrected chi connectivity index (χ2v) is 7.79. The lowest BCUT2D eigenvalue weighted by atomic mass is 10.0. The highest BCUT2D eigenvalue weighted by Gasteiger charge is 2.23. The van der Waals surface area contributed by atoms with Crippen LogP contribution >= 0.6 is 0 Å². The first-order valence-corrected chi connectivity index (χ1v) is 10.5. The number of ether oxygens (including phenoxy) is 2. The zero-order valence-corrected chi connectivity index (χ0v) is 17.7. The van der Waals surface area contributed by atoms with E-state index in [1.807, 2.05) is 18.2 Å². The Morgan fingerprint density at radius 1 is 0.903 bits per heavy atom. The van der Waals surface area contributed by atoms with Crippen molar-refractivity contribution in [2.75, 3.05) is 55.5 Å². The van der Waals surface area contributed by atoms with Crippen molar-refractivity contribution in [3.8, 4) is 11.5 Å². The standard InChI is InChI=1S/C23H25N5O3/c1-30-20-12-17-19(13-21(20)31-2)24-14-25-23(17)28-9-7-27(8-10-28)16-4-5-18-15(11-16)3-6-22(29)26-18/h4-5,11-14H,3,6-10H2,1-2H3,(H,26,29). The van der Waals surface area contributed by atoms with Gasteiger partial charge in [0.05, 0.1) is 19.7 Å². The molecular weight excluding hydrogens is 394 g/mol. The van der Waals surface area contributed by atoms with Crippen LogP contribution in [0.4, 0.5) is 17.2 Å². The van der Waals surface area contributed by atoms with Crippen LogP contribution in [0.25, 0.3) is 10.9 Å². The SMILES string of the molecule is COc1cc2ncnc(N3CCN(c4ccc5c(c4)CCC(=O)N5)CC3)c2cc1OC. The first-order chi connectivity index (χ1) is 15.2. The quantitative estimate of drug-likeness (QED) is 0.697. The maximum atomic E-state index is 11.6. The molecule has 2 aromatic carbocycles. The number of nitrogens with zero attached hydrogens (tertiary/aromatic N) is 4. The topological polar surface area (TPSA) is 79.8 Å². The van der Waals surface area contributed by atoms with E-state index in [1.165, 1.54) is 11.3 Å².